The molecule has 0 atom stereocenters. The van der Waals surface area contributed by atoms with Gasteiger partial charge >= 0.3 is 5.69 Å². The van der Waals surface area contributed by atoms with Crippen molar-refractivity contribution in [1.29, 1.82) is 0 Å². The molecule has 25 heavy (non-hydrogen) atoms. The molecule has 1 aliphatic heterocycles. The summed E-state index contributed by atoms with van der Waals surface area (Å²) in [5.41, 5.74) is 0.177. The maximum absolute atomic E-state index is 11.8. The Hall–Kier alpha value is -2.94. The highest BCUT2D eigenvalue weighted by molar-refractivity contribution is 5.74. The molecule has 1 fully saturated rings. The van der Waals surface area contributed by atoms with Crippen molar-refractivity contribution < 1.29 is 0 Å². The van der Waals surface area contributed by atoms with E-state index in [1.54, 1.807) is 6.20 Å². The van der Waals surface area contributed by atoms with E-state index in [1.165, 1.54) is 0 Å². The zero-order chi connectivity index (χ0) is 17.4. The normalized spacial score (nSPS) is 16.3. The van der Waals surface area contributed by atoms with Gasteiger partial charge in [0.05, 0.1) is 0 Å². The molecule has 4 rings (SSSR count). The number of aromatic nitrogens is 5. The zero-order valence-electron chi connectivity index (χ0n) is 13.9. The van der Waals surface area contributed by atoms with Gasteiger partial charge < -0.3 is 14.8 Å². The molecule has 0 saturated carbocycles. The van der Waals surface area contributed by atoms with Crippen LogP contribution in [-0.2, 0) is 0 Å². The Morgan fingerprint density at radius 2 is 1.92 bits per heavy atom. The number of hydrogen-bond acceptors (Lipinski definition) is 6. The van der Waals surface area contributed by atoms with Gasteiger partial charge in [0, 0.05) is 31.4 Å². The average Bonchev–Trinajstić information content (AvgIpc) is 2.90. The summed E-state index contributed by atoms with van der Waals surface area (Å²) in [4.78, 5) is 44.2. The second kappa shape index (κ2) is 6.17. The molecule has 0 amide bonds. The molecule has 1 aliphatic rings. The van der Waals surface area contributed by atoms with Gasteiger partial charge in [-0.05, 0) is 32.1 Å². The van der Waals surface area contributed by atoms with Crippen molar-refractivity contribution in [3.63, 3.8) is 0 Å². The number of fused-ring (bicyclic) bond motifs is 1. The van der Waals surface area contributed by atoms with E-state index >= 15 is 0 Å². The topological polar surface area (TPSA) is 114 Å². The first kappa shape index (κ1) is 15.6. The fourth-order valence-electron chi connectivity index (χ4n) is 3.06. The van der Waals surface area contributed by atoms with Crippen LogP contribution in [0, 0.1) is 0 Å². The number of H-pyrrole nitrogens is 3. The summed E-state index contributed by atoms with van der Waals surface area (Å²) >= 11 is 0. The molecule has 0 aromatic carbocycles. The molecule has 4 heterocycles. The molecular weight excluding hydrogens is 322 g/mol. The molecular formula is C16H19N7O2. The molecule has 0 spiro atoms. The number of anilines is 1. The number of nitrogens with zero attached hydrogens (tertiary/aromatic N) is 4. The highest BCUT2D eigenvalue weighted by Crippen LogP contribution is 2.20. The average molecular weight is 341 g/mol. The number of imidazole rings is 1. The van der Waals surface area contributed by atoms with Crippen LogP contribution in [-0.4, -0.2) is 63.0 Å². The first-order valence-corrected chi connectivity index (χ1v) is 8.22. The molecule has 130 valence electrons. The summed E-state index contributed by atoms with van der Waals surface area (Å²) in [6, 6.07) is 3.88. The Kier molecular flexibility index (Phi) is 3.85. The van der Waals surface area contributed by atoms with E-state index in [1.807, 2.05) is 12.1 Å². The molecule has 1 saturated heterocycles. The SMILES string of the molecule is CN1CCCN(c2ccc(-c3nc4[nH]c(=O)[nH]c(=O)c4[nH]3)cn2)CC1. The van der Waals surface area contributed by atoms with Crippen LogP contribution >= 0.6 is 0 Å². The van der Waals surface area contributed by atoms with Crippen molar-refractivity contribution in [1.82, 2.24) is 29.8 Å². The quantitative estimate of drug-likeness (QED) is 0.611. The van der Waals surface area contributed by atoms with E-state index in [2.05, 4.69) is 41.8 Å². The van der Waals surface area contributed by atoms with E-state index in [9.17, 15) is 9.59 Å². The maximum atomic E-state index is 11.8. The summed E-state index contributed by atoms with van der Waals surface area (Å²) in [5, 5.41) is 0. The lowest BCUT2D eigenvalue weighted by molar-refractivity contribution is 0.360. The lowest BCUT2D eigenvalue weighted by Crippen LogP contribution is -2.29. The number of aromatic amines is 3. The molecule has 3 aromatic heterocycles. The van der Waals surface area contributed by atoms with Crippen LogP contribution in [0.5, 0.6) is 0 Å². The third-order valence-corrected chi connectivity index (χ3v) is 4.45. The highest BCUT2D eigenvalue weighted by atomic mass is 16.2. The van der Waals surface area contributed by atoms with Crippen molar-refractivity contribution in [3.05, 3.63) is 39.2 Å². The van der Waals surface area contributed by atoms with Gasteiger partial charge in [-0.25, -0.2) is 14.8 Å². The minimum atomic E-state index is -0.574. The summed E-state index contributed by atoms with van der Waals surface area (Å²) in [7, 11) is 2.13. The van der Waals surface area contributed by atoms with Gasteiger partial charge in [-0.1, -0.05) is 0 Å². The number of rotatable bonds is 2. The van der Waals surface area contributed by atoms with E-state index in [-0.39, 0.29) is 11.2 Å². The lowest BCUT2D eigenvalue weighted by atomic mass is 10.2. The van der Waals surface area contributed by atoms with Gasteiger partial charge in [-0.2, -0.15) is 0 Å². The summed E-state index contributed by atoms with van der Waals surface area (Å²) in [6.45, 7) is 4.05. The molecule has 9 heteroatoms. The van der Waals surface area contributed by atoms with Crippen molar-refractivity contribution in [2.45, 2.75) is 6.42 Å². The molecule has 0 radical (unpaired) electrons. The Bertz CT molecular complexity index is 1000. The second-order valence-corrected chi connectivity index (χ2v) is 6.27. The van der Waals surface area contributed by atoms with Gasteiger partial charge in [0.2, 0.25) is 0 Å². The standard InChI is InChI=1S/C16H19N7O2/c1-22-5-2-6-23(8-7-22)11-4-3-10(9-17-11)13-18-12-14(19-13)20-16(25)21-15(12)24/h3-4,9H,2,5-8H2,1H3,(H3,18,19,20,21,24,25). The van der Waals surface area contributed by atoms with Gasteiger partial charge in [0.25, 0.3) is 5.56 Å². The van der Waals surface area contributed by atoms with E-state index in [0.717, 1.165) is 44.0 Å². The van der Waals surface area contributed by atoms with Crippen LogP contribution < -0.4 is 16.1 Å². The fraction of sp³-hybridized carbons (Fsp3) is 0.375. The number of nitrogens with one attached hydrogen (secondary N) is 3. The second-order valence-electron chi connectivity index (χ2n) is 6.27. The minimum Gasteiger partial charge on any atom is -0.355 e. The first-order valence-electron chi connectivity index (χ1n) is 8.22. The molecule has 0 aliphatic carbocycles. The van der Waals surface area contributed by atoms with Crippen molar-refractivity contribution in [3.8, 4) is 11.4 Å². The fourth-order valence-corrected chi connectivity index (χ4v) is 3.06. The third-order valence-electron chi connectivity index (χ3n) is 4.45. The van der Waals surface area contributed by atoms with Crippen LogP contribution in [0.4, 0.5) is 5.82 Å². The molecule has 0 bridgehead atoms. The van der Waals surface area contributed by atoms with Crippen LogP contribution in [0.25, 0.3) is 22.6 Å². The number of hydrogen-bond donors (Lipinski definition) is 3. The predicted molar refractivity (Wildman–Crippen MR) is 94.9 cm³/mol. The molecule has 3 aromatic rings. The van der Waals surface area contributed by atoms with E-state index < -0.39 is 11.2 Å². The molecule has 9 nitrogen and oxygen atoms in total. The highest BCUT2D eigenvalue weighted by Gasteiger charge is 2.14. The smallest absolute Gasteiger partial charge is 0.327 e. The summed E-state index contributed by atoms with van der Waals surface area (Å²) < 4.78 is 0. The maximum Gasteiger partial charge on any atom is 0.327 e. The third kappa shape index (κ3) is 3.05. The number of pyridine rings is 1. The van der Waals surface area contributed by atoms with Crippen LogP contribution in [0.15, 0.2) is 27.9 Å². The van der Waals surface area contributed by atoms with Crippen molar-refractivity contribution in [2.24, 2.45) is 0 Å². The Balaban J connectivity index is 1.63. The van der Waals surface area contributed by atoms with Crippen molar-refractivity contribution in [2.75, 3.05) is 38.1 Å². The number of likely N-dealkylation sites (N-methyl/N-ethyl adjacent to an activating group) is 1. The minimum absolute atomic E-state index is 0.239. The van der Waals surface area contributed by atoms with Gasteiger partial charge in [-0.15, -0.1) is 0 Å². The van der Waals surface area contributed by atoms with E-state index in [0.29, 0.717) is 5.82 Å². The summed E-state index contributed by atoms with van der Waals surface area (Å²) in [5.74, 6) is 1.43. The van der Waals surface area contributed by atoms with Crippen LogP contribution in [0.1, 0.15) is 6.42 Å². The first-order chi connectivity index (χ1) is 12.1. The van der Waals surface area contributed by atoms with Crippen molar-refractivity contribution >= 4 is 17.0 Å². The predicted octanol–water partition coefficient (Wildman–Crippen LogP) is 0.143. The molecule has 3 N–H and O–H groups in total. The zero-order valence-corrected chi connectivity index (χ0v) is 13.9. The van der Waals surface area contributed by atoms with Crippen LogP contribution in [0.2, 0.25) is 0 Å². The van der Waals surface area contributed by atoms with E-state index in [4.69, 9.17) is 0 Å². The Morgan fingerprint density at radius 1 is 1.04 bits per heavy atom. The Morgan fingerprint density at radius 3 is 2.72 bits per heavy atom. The monoisotopic (exact) mass is 341 g/mol. The molecule has 0 unspecified atom stereocenters. The lowest BCUT2D eigenvalue weighted by Gasteiger charge is -2.21. The van der Waals surface area contributed by atoms with Gasteiger partial charge in [-0.3, -0.25) is 14.8 Å². The summed E-state index contributed by atoms with van der Waals surface area (Å²) in [6.07, 6.45) is 2.84. The van der Waals surface area contributed by atoms with Gasteiger partial charge in [0.1, 0.15) is 17.2 Å². The Labute approximate surface area is 142 Å². The van der Waals surface area contributed by atoms with Gasteiger partial charge in [0.15, 0.2) is 5.65 Å². The largest absolute Gasteiger partial charge is 0.355 e. The van der Waals surface area contributed by atoms with Crippen LogP contribution in [0.3, 0.4) is 0 Å².